The van der Waals surface area contributed by atoms with Gasteiger partial charge in [-0.3, -0.25) is 0 Å². The molecular formula is C11H14. The van der Waals surface area contributed by atoms with Gasteiger partial charge in [0.1, 0.15) is 0 Å². The van der Waals surface area contributed by atoms with Crippen molar-refractivity contribution in [2.75, 3.05) is 0 Å². The van der Waals surface area contributed by atoms with E-state index in [1.54, 1.807) is 18.2 Å². The van der Waals surface area contributed by atoms with E-state index in [1.807, 2.05) is 19.1 Å². The second-order valence-corrected chi connectivity index (χ2v) is 2.02. The van der Waals surface area contributed by atoms with Crippen LogP contribution in [0.2, 0.25) is 0 Å². The first-order chi connectivity index (χ1) is 5.29. The predicted molar refractivity (Wildman–Crippen MR) is 52.4 cm³/mol. The van der Waals surface area contributed by atoms with Gasteiger partial charge in [-0.2, -0.15) is 0 Å². The average molecular weight is 146 g/mol. The Bertz CT molecular complexity index is 204. The Morgan fingerprint density at radius 1 is 0.909 bits per heavy atom. The highest BCUT2D eigenvalue weighted by atomic mass is 13.9. The van der Waals surface area contributed by atoms with E-state index in [4.69, 9.17) is 0 Å². The van der Waals surface area contributed by atoms with E-state index < -0.39 is 0 Å². The van der Waals surface area contributed by atoms with Crippen LogP contribution in [0, 0.1) is 0 Å². The molecule has 0 aliphatic carbocycles. The van der Waals surface area contributed by atoms with Crippen LogP contribution in [0.1, 0.15) is 6.92 Å². The summed E-state index contributed by atoms with van der Waals surface area (Å²) in [7, 11) is 0. The lowest BCUT2D eigenvalue weighted by Gasteiger charge is -1.97. The van der Waals surface area contributed by atoms with Crippen LogP contribution in [-0.4, -0.2) is 0 Å². The predicted octanol–water partition coefficient (Wildman–Crippen LogP) is 3.42. The first-order valence-corrected chi connectivity index (χ1v) is 3.54. The third-order valence-corrected chi connectivity index (χ3v) is 1.34. The van der Waals surface area contributed by atoms with Crippen molar-refractivity contribution in [1.29, 1.82) is 0 Å². The summed E-state index contributed by atoms with van der Waals surface area (Å²) >= 11 is 0. The van der Waals surface area contributed by atoms with Gasteiger partial charge < -0.3 is 0 Å². The van der Waals surface area contributed by atoms with E-state index in [1.165, 1.54) is 0 Å². The molecule has 0 saturated heterocycles. The highest BCUT2D eigenvalue weighted by molar-refractivity contribution is 5.44. The van der Waals surface area contributed by atoms with Crippen molar-refractivity contribution in [3.63, 3.8) is 0 Å². The zero-order valence-electron chi connectivity index (χ0n) is 7.01. The molecule has 0 saturated carbocycles. The van der Waals surface area contributed by atoms with E-state index >= 15 is 0 Å². The van der Waals surface area contributed by atoms with Crippen LogP contribution in [0.25, 0.3) is 0 Å². The van der Waals surface area contributed by atoms with Crippen molar-refractivity contribution in [2.24, 2.45) is 0 Å². The molecule has 0 amide bonds. The maximum atomic E-state index is 3.69. The van der Waals surface area contributed by atoms with Crippen LogP contribution < -0.4 is 0 Å². The molecule has 0 fully saturated rings. The molecule has 0 aromatic carbocycles. The zero-order chi connectivity index (χ0) is 8.69. The summed E-state index contributed by atoms with van der Waals surface area (Å²) in [5, 5.41) is 0. The molecule has 0 aliphatic rings. The van der Waals surface area contributed by atoms with Gasteiger partial charge in [0.05, 0.1) is 0 Å². The molecule has 0 unspecified atom stereocenters. The third-order valence-electron chi connectivity index (χ3n) is 1.34. The summed E-state index contributed by atoms with van der Waals surface area (Å²) in [4.78, 5) is 0. The fourth-order valence-corrected chi connectivity index (χ4v) is 0.781. The van der Waals surface area contributed by atoms with E-state index in [0.717, 1.165) is 11.1 Å². The lowest BCUT2D eigenvalue weighted by molar-refractivity contribution is 1.56. The summed E-state index contributed by atoms with van der Waals surface area (Å²) in [6.07, 6.45) is 9.27. The summed E-state index contributed by atoms with van der Waals surface area (Å²) in [5.41, 5.74) is 2.07. The molecule has 0 bridgehead atoms. The lowest BCUT2D eigenvalue weighted by Crippen LogP contribution is -1.77. The van der Waals surface area contributed by atoms with E-state index in [9.17, 15) is 0 Å². The highest BCUT2D eigenvalue weighted by Gasteiger charge is 1.89. The highest BCUT2D eigenvalue weighted by Crippen LogP contribution is 2.09. The second kappa shape index (κ2) is 5.48. The standard InChI is InChI=1S/C11H14/c1-5-9-11(8-4)10(6-2)7-3/h5-9H,2-4H2,1H3/b9-5-. The van der Waals surface area contributed by atoms with Crippen molar-refractivity contribution < 1.29 is 0 Å². The molecular weight excluding hydrogens is 132 g/mol. The van der Waals surface area contributed by atoms with Crippen LogP contribution in [0.3, 0.4) is 0 Å². The smallest absolute Gasteiger partial charge is 0.0194 e. The molecule has 0 rings (SSSR count). The summed E-state index contributed by atoms with van der Waals surface area (Å²) in [6, 6.07) is 0. The first-order valence-electron chi connectivity index (χ1n) is 3.54. The summed E-state index contributed by atoms with van der Waals surface area (Å²) < 4.78 is 0. The Balaban J connectivity index is 4.90. The molecule has 0 aliphatic heterocycles. The van der Waals surface area contributed by atoms with Crippen LogP contribution in [0.4, 0.5) is 0 Å². The van der Waals surface area contributed by atoms with Crippen molar-refractivity contribution in [3.05, 3.63) is 61.3 Å². The van der Waals surface area contributed by atoms with E-state index in [2.05, 4.69) is 19.7 Å². The number of hydrogen-bond acceptors (Lipinski definition) is 0. The van der Waals surface area contributed by atoms with Crippen molar-refractivity contribution in [2.45, 2.75) is 6.92 Å². The average Bonchev–Trinajstić information content (AvgIpc) is 2.05. The molecule has 0 N–H and O–H groups in total. The van der Waals surface area contributed by atoms with Gasteiger partial charge in [-0.05, 0) is 18.1 Å². The van der Waals surface area contributed by atoms with Gasteiger partial charge in [0, 0.05) is 0 Å². The fraction of sp³-hybridized carbons (Fsp3) is 0.0909. The van der Waals surface area contributed by atoms with Gasteiger partial charge in [0.2, 0.25) is 0 Å². The zero-order valence-corrected chi connectivity index (χ0v) is 7.01. The third kappa shape index (κ3) is 2.85. The topological polar surface area (TPSA) is 0 Å². The molecule has 58 valence electrons. The van der Waals surface area contributed by atoms with Gasteiger partial charge in [-0.15, -0.1) is 0 Å². The van der Waals surface area contributed by atoms with Crippen LogP contribution in [0.15, 0.2) is 61.3 Å². The minimum absolute atomic E-state index is 1.01. The molecule has 0 heteroatoms. The van der Waals surface area contributed by atoms with Gasteiger partial charge in [-0.1, -0.05) is 50.1 Å². The molecule has 0 aromatic heterocycles. The largest absolute Gasteiger partial charge is 0.0984 e. The van der Waals surface area contributed by atoms with Crippen molar-refractivity contribution >= 4 is 0 Å². The van der Waals surface area contributed by atoms with Crippen LogP contribution >= 0.6 is 0 Å². The van der Waals surface area contributed by atoms with E-state index in [-0.39, 0.29) is 0 Å². The van der Waals surface area contributed by atoms with Gasteiger partial charge in [-0.25, -0.2) is 0 Å². The Kier molecular flexibility index (Phi) is 4.83. The normalized spacial score (nSPS) is 9.18. The molecule has 0 spiro atoms. The second-order valence-electron chi connectivity index (χ2n) is 2.02. The quantitative estimate of drug-likeness (QED) is 0.533. The SMILES string of the molecule is C=CC(C=C)=C(C=C)/C=C\C. The Labute approximate surface area is 68.9 Å². The molecule has 0 aromatic rings. The van der Waals surface area contributed by atoms with Gasteiger partial charge in [0.15, 0.2) is 0 Å². The van der Waals surface area contributed by atoms with Crippen molar-refractivity contribution in [3.8, 4) is 0 Å². The summed E-state index contributed by atoms with van der Waals surface area (Å²) in [5.74, 6) is 0. The monoisotopic (exact) mass is 146 g/mol. The fourth-order valence-electron chi connectivity index (χ4n) is 0.781. The minimum atomic E-state index is 1.01. The molecule has 11 heavy (non-hydrogen) atoms. The Morgan fingerprint density at radius 3 is 1.64 bits per heavy atom. The van der Waals surface area contributed by atoms with Crippen LogP contribution in [0.5, 0.6) is 0 Å². The van der Waals surface area contributed by atoms with Gasteiger partial charge >= 0.3 is 0 Å². The minimum Gasteiger partial charge on any atom is -0.0984 e. The van der Waals surface area contributed by atoms with E-state index in [0.29, 0.717) is 0 Å². The maximum absolute atomic E-state index is 3.69. The first kappa shape index (κ1) is 9.70. The summed E-state index contributed by atoms with van der Waals surface area (Å²) in [6.45, 7) is 13.0. The maximum Gasteiger partial charge on any atom is -0.0194 e. The van der Waals surface area contributed by atoms with Gasteiger partial charge in [0.25, 0.3) is 0 Å². The van der Waals surface area contributed by atoms with Crippen LogP contribution in [-0.2, 0) is 0 Å². The van der Waals surface area contributed by atoms with Crippen molar-refractivity contribution in [1.82, 2.24) is 0 Å². The number of rotatable bonds is 4. The Morgan fingerprint density at radius 2 is 1.36 bits per heavy atom. The number of allylic oxidation sites excluding steroid dienone is 7. The lowest BCUT2D eigenvalue weighted by atomic mass is 10.1. The Hall–Kier alpha value is -1.30. The molecule has 0 radical (unpaired) electrons. The number of hydrogen-bond donors (Lipinski definition) is 0. The molecule has 0 nitrogen and oxygen atoms in total. The molecule has 0 atom stereocenters. The molecule has 0 heterocycles.